The van der Waals surface area contributed by atoms with Crippen molar-refractivity contribution in [3.63, 3.8) is 0 Å². The average molecular weight is 417 g/mol. The monoisotopic (exact) mass is 416 g/mol. The van der Waals surface area contributed by atoms with Crippen molar-refractivity contribution in [1.82, 2.24) is 14.7 Å². The molecule has 0 saturated carbocycles. The van der Waals surface area contributed by atoms with Gasteiger partial charge in [-0.2, -0.15) is 5.10 Å². The number of hydrogen-bond donors (Lipinski definition) is 1. The number of rotatable bonds is 4. The summed E-state index contributed by atoms with van der Waals surface area (Å²) in [5.41, 5.74) is 9.05. The summed E-state index contributed by atoms with van der Waals surface area (Å²) in [6.45, 7) is 4.92. The van der Waals surface area contributed by atoms with E-state index in [0.29, 0.717) is 29.7 Å². The van der Waals surface area contributed by atoms with Crippen molar-refractivity contribution < 1.29 is 9.53 Å². The van der Waals surface area contributed by atoms with E-state index in [1.807, 2.05) is 30.0 Å². The van der Waals surface area contributed by atoms with Crippen LogP contribution in [-0.4, -0.2) is 59.6 Å². The number of piperazine rings is 1. The van der Waals surface area contributed by atoms with Gasteiger partial charge in [0.1, 0.15) is 12.3 Å². The second-order valence-corrected chi connectivity index (χ2v) is 7.79. The lowest BCUT2D eigenvalue weighted by molar-refractivity contribution is -0.132. The molecule has 4 rings (SSSR count). The third-order valence-corrected chi connectivity index (χ3v) is 5.82. The number of anilines is 2. The molecule has 0 bridgehead atoms. The van der Waals surface area contributed by atoms with Crippen LogP contribution in [0.15, 0.2) is 23.2 Å². The second kappa shape index (κ2) is 7.94. The molecule has 1 aromatic carbocycles. The molecule has 2 aromatic rings. The van der Waals surface area contributed by atoms with Gasteiger partial charge >= 0.3 is 0 Å². The van der Waals surface area contributed by atoms with Crippen molar-refractivity contribution in [3.05, 3.63) is 28.8 Å². The summed E-state index contributed by atoms with van der Waals surface area (Å²) in [7, 11) is 1.61. The molecular weight excluding hydrogens is 392 g/mol. The number of hydrogen-bond acceptors (Lipinski definition) is 6. The van der Waals surface area contributed by atoms with Gasteiger partial charge < -0.3 is 20.3 Å². The first-order chi connectivity index (χ1) is 14.0. The van der Waals surface area contributed by atoms with E-state index < -0.39 is 0 Å². The number of nitrogen functional groups attached to an aromatic ring is 1. The van der Waals surface area contributed by atoms with Gasteiger partial charge in [0, 0.05) is 49.2 Å². The number of carbonyl (C=O) groups excluding carboxylic acids is 1. The fourth-order valence-electron chi connectivity index (χ4n) is 3.81. The Morgan fingerprint density at radius 3 is 2.72 bits per heavy atom. The number of fused-ring (bicyclic) bond motifs is 1. The van der Waals surface area contributed by atoms with E-state index in [1.54, 1.807) is 11.8 Å². The molecule has 8 nitrogen and oxygen atoms in total. The minimum Gasteiger partial charge on any atom is -0.495 e. The fourth-order valence-corrected chi connectivity index (χ4v) is 4.01. The predicted molar refractivity (Wildman–Crippen MR) is 115 cm³/mol. The molecule has 0 spiro atoms. The van der Waals surface area contributed by atoms with Crippen molar-refractivity contribution in [1.29, 1.82) is 0 Å². The molecule has 9 heteroatoms. The first-order valence-electron chi connectivity index (χ1n) is 9.72. The summed E-state index contributed by atoms with van der Waals surface area (Å²) in [6.07, 6.45) is 1.71. The fraction of sp³-hybridized carbons (Fsp3) is 0.450. The van der Waals surface area contributed by atoms with Crippen LogP contribution in [0.25, 0.3) is 0 Å². The van der Waals surface area contributed by atoms with E-state index in [1.165, 1.54) is 0 Å². The van der Waals surface area contributed by atoms with Crippen LogP contribution in [0.1, 0.15) is 18.9 Å². The van der Waals surface area contributed by atoms with E-state index in [-0.39, 0.29) is 12.5 Å². The molecule has 1 fully saturated rings. The predicted octanol–water partition coefficient (Wildman–Crippen LogP) is 2.51. The highest BCUT2D eigenvalue weighted by Gasteiger charge is 2.25. The molecule has 2 aliphatic heterocycles. The highest BCUT2D eigenvalue weighted by molar-refractivity contribution is 6.32. The Hall–Kier alpha value is -2.74. The Balaban J connectivity index is 1.40. The van der Waals surface area contributed by atoms with Crippen LogP contribution >= 0.6 is 11.6 Å². The van der Waals surface area contributed by atoms with Crippen LogP contribution in [-0.2, 0) is 17.8 Å². The smallest absolute Gasteiger partial charge is 0.244 e. The van der Waals surface area contributed by atoms with Gasteiger partial charge in [0.25, 0.3) is 0 Å². The van der Waals surface area contributed by atoms with E-state index in [4.69, 9.17) is 22.1 Å². The molecule has 0 atom stereocenters. The first-order valence-corrected chi connectivity index (χ1v) is 10.1. The Kier molecular flexibility index (Phi) is 5.36. The quantitative estimate of drug-likeness (QED) is 0.827. The summed E-state index contributed by atoms with van der Waals surface area (Å²) in [5.74, 6) is 1.89. The van der Waals surface area contributed by atoms with Crippen LogP contribution in [0.4, 0.5) is 17.3 Å². The minimum absolute atomic E-state index is 0.0297. The van der Waals surface area contributed by atoms with E-state index >= 15 is 0 Å². The highest BCUT2D eigenvalue weighted by atomic mass is 35.5. The van der Waals surface area contributed by atoms with Crippen LogP contribution < -0.4 is 15.4 Å². The van der Waals surface area contributed by atoms with Gasteiger partial charge in [-0.25, -0.2) is 9.67 Å². The van der Waals surface area contributed by atoms with Crippen molar-refractivity contribution in [2.75, 3.05) is 43.9 Å². The molecule has 1 saturated heterocycles. The number of nitrogens with zero attached hydrogens (tertiary/aromatic N) is 5. The first kappa shape index (κ1) is 19.6. The zero-order valence-corrected chi connectivity index (χ0v) is 17.4. The Morgan fingerprint density at radius 2 is 2.00 bits per heavy atom. The highest BCUT2D eigenvalue weighted by Crippen LogP contribution is 2.31. The number of nitrogens with two attached hydrogens (primary N) is 1. The molecule has 0 radical (unpaired) electrons. The van der Waals surface area contributed by atoms with Crippen molar-refractivity contribution in [2.24, 2.45) is 4.99 Å². The molecule has 2 aliphatic rings. The molecular formula is C20H25ClN6O2. The molecule has 29 heavy (non-hydrogen) atoms. The summed E-state index contributed by atoms with van der Waals surface area (Å²) < 4.78 is 6.95. The molecule has 154 valence electrons. The topological polar surface area (TPSA) is 89.0 Å². The Bertz CT molecular complexity index is 962. The number of methoxy groups -OCH3 is 1. The van der Waals surface area contributed by atoms with E-state index in [9.17, 15) is 4.79 Å². The molecule has 3 heterocycles. The van der Waals surface area contributed by atoms with Gasteiger partial charge in [-0.3, -0.25) is 4.79 Å². The molecule has 0 unspecified atom stereocenters. The van der Waals surface area contributed by atoms with Gasteiger partial charge in [0.05, 0.1) is 12.1 Å². The minimum atomic E-state index is 0.0297. The number of aliphatic imine (C=N–C) groups is 1. The van der Waals surface area contributed by atoms with Crippen LogP contribution in [0.5, 0.6) is 5.75 Å². The maximum absolute atomic E-state index is 12.9. The van der Waals surface area contributed by atoms with Crippen molar-refractivity contribution in [2.45, 2.75) is 26.3 Å². The Morgan fingerprint density at radius 1 is 1.24 bits per heavy atom. The van der Waals surface area contributed by atoms with Crippen molar-refractivity contribution in [3.8, 4) is 5.75 Å². The van der Waals surface area contributed by atoms with Gasteiger partial charge in [0.15, 0.2) is 11.6 Å². The molecule has 1 amide bonds. The van der Waals surface area contributed by atoms with Crippen LogP contribution in [0, 0.1) is 0 Å². The SMILES string of the molecule is COc1cc(N2CCN(C(=O)Cn3nc(N)c4c3N=C(C)CC4)CC2)ccc1Cl. The second-order valence-electron chi connectivity index (χ2n) is 7.38. The molecule has 0 aliphatic carbocycles. The number of benzene rings is 1. The maximum Gasteiger partial charge on any atom is 0.244 e. The molecule has 1 aromatic heterocycles. The largest absolute Gasteiger partial charge is 0.495 e. The zero-order valence-electron chi connectivity index (χ0n) is 16.7. The van der Waals surface area contributed by atoms with Gasteiger partial charge in [0.2, 0.25) is 5.91 Å². The van der Waals surface area contributed by atoms with Crippen LogP contribution in [0.3, 0.4) is 0 Å². The summed E-state index contributed by atoms with van der Waals surface area (Å²) in [4.78, 5) is 21.5. The van der Waals surface area contributed by atoms with Crippen molar-refractivity contribution >= 4 is 40.5 Å². The van der Waals surface area contributed by atoms with Gasteiger partial charge in [-0.1, -0.05) is 11.6 Å². The lowest BCUT2D eigenvalue weighted by Gasteiger charge is -2.36. The number of ether oxygens (including phenoxy) is 1. The lowest BCUT2D eigenvalue weighted by atomic mass is 10.1. The Labute approximate surface area is 174 Å². The van der Waals surface area contributed by atoms with E-state index in [2.05, 4.69) is 15.0 Å². The molecule has 2 N–H and O–H groups in total. The third kappa shape index (κ3) is 3.89. The number of carbonyl (C=O) groups is 1. The standard InChI is InChI=1S/C20H25ClN6O2/c1-13-3-5-15-19(22)24-27(20(15)23-13)12-18(28)26-9-7-25(8-10-26)14-4-6-16(21)17(11-14)29-2/h4,6,11H,3,5,7-10,12H2,1-2H3,(H2,22,24). The summed E-state index contributed by atoms with van der Waals surface area (Å²) in [5, 5.41) is 4.94. The van der Waals surface area contributed by atoms with Crippen LogP contribution in [0.2, 0.25) is 5.02 Å². The van der Waals surface area contributed by atoms with Gasteiger partial charge in [-0.05, 0) is 31.9 Å². The lowest BCUT2D eigenvalue weighted by Crippen LogP contribution is -2.49. The van der Waals surface area contributed by atoms with Gasteiger partial charge in [-0.15, -0.1) is 0 Å². The van der Waals surface area contributed by atoms with E-state index in [0.717, 1.165) is 48.7 Å². The number of amides is 1. The normalized spacial score (nSPS) is 16.4. The maximum atomic E-state index is 12.9. The number of halogens is 1. The average Bonchev–Trinajstić information content (AvgIpc) is 3.03. The zero-order chi connectivity index (χ0) is 20.5. The third-order valence-electron chi connectivity index (χ3n) is 5.50. The number of aromatic nitrogens is 2. The summed E-state index contributed by atoms with van der Waals surface area (Å²) in [6, 6.07) is 5.74. The summed E-state index contributed by atoms with van der Waals surface area (Å²) >= 11 is 6.12.